The Labute approximate surface area is 155 Å². The lowest BCUT2D eigenvalue weighted by Crippen LogP contribution is -2.45. The Balaban J connectivity index is 1.66. The van der Waals surface area contributed by atoms with Crippen LogP contribution < -0.4 is 10.6 Å². The van der Waals surface area contributed by atoms with Crippen molar-refractivity contribution in [2.75, 3.05) is 19.6 Å². The van der Waals surface area contributed by atoms with Gasteiger partial charge in [0.2, 0.25) is 17.7 Å². The number of carbonyl (C=O) groups is 3. The largest absolute Gasteiger partial charge is 0.355 e. The van der Waals surface area contributed by atoms with Gasteiger partial charge >= 0.3 is 0 Å². The predicted octanol–water partition coefficient (Wildman–Crippen LogP) is 1.85. The number of nitrogens with zero attached hydrogens (tertiary/aromatic N) is 1. The molecule has 6 nitrogen and oxygen atoms in total. The van der Waals surface area contributed by atoms with E-state index in [4.69, 9.17) is 0 Å². The van der Waals surface area contributed by atoms with Crippen molar-refractivity contribution in [1.82, 2.24) is 15.5 Å². The molecule has 6 heteroatoms. The first-order chi connectivity index (χ1) is 12.6. The number of amides is 3. The molecular weight excluding hydrogens is 330 g/mol. The molecule has 1 aromatic carbocycles. The summed E-state index contributed by atoms with van der Waals surface area (Å²) >= 11 is 0. The molecule has 0 aliphatic carbocycles. The van der Waals surface area contributed by atoms with Crippen LogP contribution in [0.3, 0.4) is 0 Å². The average molecular weight is 359 g/mol. The van der Waals surface area contributed by atoms with Crippen LogP contribution in [0.25, 0.3) is 0 Å². The number of carbonyl (C=O) groups excluding carboxylic acids is 3. The number of hydrogen-bond acceptors (Lipinski definition) is 3. The molecule has 1 heterocycles. The van der Waals surface area contributed by atoms with Gasteiger partial charge in [-0.3, -0.25) is 14.4 Å². The van der Waals surface area contributed by atoms with Crippen molar-refractivity contribution in [3.05, 3.63) is 35.9 Å². The Hall–Kier alpha value is -2.37. The summed E-state index contributed by atoms with van der Waals surface area (Å²) in [5.74, 6) is -0.186. The Morgan fingerprint density at radius 3 is 2.62 bits per heavy atom. The smallest absolute Gasteiger partial charge is 0.224 e. The van der Waals surface area contributed by atoms with Gasteiger partial charge in [0.25, 0.3) is 0 Å². The zero-order valence-electron chi connectivity index (χ0n) is 15.5. The summed E-state index contributed by atoms with van der Waals surface area (Å²) < 4.78 is 0. The quantitative estimate of drug-likeness (QED) is 0.743. The van der Waals surface area contributed by atoms with Crippen molar-refractivity contribution >= 4 is 17.7 Å². The van der Waals surface area contributed by atoms with E-state index >= 15 is 0 Å². The summed E-state index contributed by atoms with van der Waals surface area (Å²) in [4.78, 5) is 38.0. The number of rotatable bonds is 8. The van der Waals surface area contributed by atoms with Crippen LogP contribution in [-0.2, 0) is 20.9 Å². The van der Waals surface area contributed by atoms with Gasteiger partial charge in [0.15, 0.2) is 0 Å². The minimum absolute atomic E-state index is 0.0603. The minimum Gasteiger partial charge on any atom is -0.355 e. The predicted molar refractivity (Wildman–Crippen MR) is 100 cm³/mol. The zero-order chi connectivity index (χ0) is 18.8. The van der Waals surface area contributed by atoms with E-state index in [0.717, 1.165) is 31.4 Å². The molecular formula is C20H29N3O3. The topological polar surface area (TPSA) is 78.5 Å². The van der Waals surface area contributed by atoms with Crippen molar-refractivity contribution in [3.63, 3.8) is 0 Å². The zero-order valence-corrected chi connectivity index (χ0v) is 15.5. The molecule has 0 spiro atoms. The highest BCUT2D eigenvalue weighted by atomic mass is 16.2. The fourth-order valence-corrected chi connectivity index (χ4v) is 3.12. The van der Waals surface area contributed by atoms with Crippen LogP contribution in [0.1, 0.15) is 44.6 Å². The van der Waals surface area contributed by atoms with E-state index in [1.807, 2.05) is 37.3 Å². The van der Waals surface area contributed by atoms with Crippen molar-refractivity contribution in [2.24, 2.45) is 5.92 Å². The van der Waals surface area contributed by atoms with Gasteiger partial charge in [0, 0.05) is 39.0 Å². The lowest BCUT2D eigenvalue weighted by molar-refractivity contribution is -0.135. The summed E-state index contributed by atoms with van der Waals surface area (Å²) in [5.41, 5.74) is 1.05. The fourth-order valence-electron chi connectivity index (χ4n) is 3.12. The first-order valence-corrected chi connectivity index (χ1v) is 9.46. The van der Waals surface area contributed by atoms with Gasteiger partial charge < -0.3 is 15.5 Å². The van der Waals surface area contributed by atoms with Crippen LogP contribution in [-0.4, -0.2) is 42.3 Å². The standard InChI is InChI=1S/C20H29N3O3/c1-2-7-19(25)23-13-6-10-17(15-23)20(26)21-12-11-18(24)22-14-16-8-4-3-5-9-16/h3-5,8-9,17H,2,6-7,10-15H2,1H3,(H,21,26)(H,22,24). The number of benzene rings is 1. The molecule has 2 N–H and O–H groups in total. The Bertz CT molecular complexity index is 604. The van der Waals surface area contributed by atoms with Gasteiger partial charge in [0.05, 0.1) is 5.92 Å². The third-order valence-corrected chi connectivity index (χ3v) is 4.59. The Morgan fingerprint density at radius 2 is 1.88 bits per heavy atom. The summed E-state index contributed by atoms with van der Waals surface area (Å²) in [6.45, 7) is 4.02. The highest BCUT2D eigenvalue weighted by Gasteiger charge is 2.27. The highest BCUT2D eigenvalue weighted by molar-refractivity contribution is 5.82. The monoisotopic (exact) mass is 359 g/mol. The number of nitrogens with one attached hydrogen (secondary N) is 2. The summed E-state index contributed by atoms with van der Waals surface area (Å²) in [7, 11) is 0. The van der Waals surface area contributed by atoms with Gasteiger partial charge in [-0.15, -0.1) is 0 Å². The molecule has 1 aliphatic heterocycles. The van der Waals surface area contributed by atoms with Gasteiger partial charge in [0.1, 0.15) is 0 Å². The maximum atomic E-state index is 12.3. The van der Waals surface area contributed by atoms with Gasteiger partial charge in [-0.1, -0.05) is 37.3 Å². The lowest BCUT2D eigenvalue weighted by Gasteiger charge is -2.32. The van der Waals surface area contributed by atoms with Crippen LogP contribution in [0.15, 0.2) is 30.3 Å². The fraction of sp³-hybridized carbons (Fsp3) is 0.550. The number of piperidine rings is 1. The summed E-state index contributed by atoms with van der Waals surface area (Å²) in [6.07, 6.45) is 3.26. The van der Waals surface area contributed by atoms with Crippen LogP contribution in [0.5, 0.6) is 0 Å². The van der Waals surface area contributed by atoms with E-state index in [0.29, 0.717) is 26.1 Å². The molecule has 1 aliphatic rings. The Kier molecular flexibility index (Phi) is 8.12. The molecule has 1 fully saturated rings. The van der Waals surface area contributed by atoms with E-state index in [-0.39, 0.29) is 30.1 Å². The SMILES string of the molecule is CCCC(=O)N1CCCC(C(=O)NCCC(=O)NCc2ccccc2)C1. The molecule has 3 amide bonds. The molecule has 142 valence electrons. The molecule has 0 aromatic heterocycles. The summed E-state index contributed by atoms with van der Waals surface area (Å²) in [6, 6.07) is 9.71. The van der Waals surface area contributed by atoms with Crippen molar-refractivity contribution in [1.29, 1.82) is 0 Å². The highest BCUT2D eigenvalue weighted by Crippen LogP contribution is 2.17. The van der Waals surface area contributed by atoms with E-state index in [2.05, 4.69) is 10.6 Å². The average Bonchev–Trinajstić information content (AvgIpc) is 2.67. The molecule has 1 atom stereocenters. The maximum absolute atomic E-state index is 12.3. The van der Waals surface area contributed by atoms with Gasteiger partial charge in [-0.25, -0.2) is 0 Å². The lowest BCUT2D eigenvalue weighted by atomic mass is 9.96. The molecule has 0 radical (unpaired) electrons. The second kappa shape index (κ2) is 10.6. The van der Waals surface area contributed by atoms with Crippen LogP contribution in [0.4, 0.5) is 0 Å². The minimum atomic E-state index is -0.170. The molecule has 26 heavy (non-hydrogen) atoms. The van der Waals surface area contributed by atoms with E-state index in [1.165, 1.54) is 0 Å². The molecule has 0 bridgehead atoms. The van der Waals surface area contributed by atoms with Crippen molar-refractivity contribution in [3.8, 4) is 0 Å². The molecule has 2 rings (SSSR count). The molecule has 1 aromatic rings. The number of hydrogen-bond donors (Lipinski definition) is 2. The maximum Gasteiger partial charge on any atom is 0.224 e. The van der Waals surface area contributed by atoms with Crippen LogP contribution in [0, 0.1) is 5.92 Å². The first kappa shape index (κ1) is 19.9. The third kappa shape index (κ3) is 6.50. The molecule has 1 unspecified atom stereocenters. The van der Waals surface area contributed by atoms with Gasteiger partial charge in [-0.05, 0) is 24.8 Å². The van der Waals surface area contributed by atoms with Crippen LogP contribution in [0.2, 0.25) is 0 Å². The second-order valence-electron chi connectivity index (χ2n) is 6.73. The molecule has 1 saturated heterocycles. The number of likely N-dealkylation sites (tertiary alicyclic amines) is 1. The summed E-state index contributed by atoms with van der Waals surface area (Å²) in [5, 5.41) is 5.68. The third-order valence-electron chi connectivity index (χ3n) is 4.59. The normalized spacial score (nSPS) is 16.8. The van der Waals surface area contributed by atoms with Crippen molar-refractivity contribution < 1.29 is 14.4 Å². The Morgan fingerprint density at radius 1 is 1.12 bits per heavy atom. The van der Waals surface area contributed by atoms with E-state index in [9.17, 15) is 14.4 Å². The molecule has 0 saturated carbocycles. The van der Waals surface area contributed by atoms with Gasteiger partial charge in [-0.2, -0.15) is 0 Å². The van der Waals surface area contributed by atoms with E-state index < -0.39 is 0 Å². The van der Waals surface area contributed by atoms with E-state index in [1.54, 1.807) is 4.90 Å². The second-order valence-corrected chi connectivity index (χ2v) is 6.73. The first-order valence-electron chi connectivity index (χ1n) is 9.46. The van der Waals surface area contributed by atoms with Crippen molar-refractivity contribution in [2.45, 2.75) is 45.6 Å². The van der Waals surface area contributed by atoms with Crippen LogP contribution >= 0.6 is 0 Å².